The molecule has 1 fully saturated rings. The smallest absolute Gasteiger partial charge is 0.354 e. The highest BCUT2D eigenvalue weighted by Crippen LogP contribution is 2.22. The molecule has 7 heteroatoms. The molecule has 0 saturated carbocycles. The van der Waals surface area contributed by atoms with Crippen molar-refractivity contribution in [3.8, 4) is 0 Å². The normalized spacial score (nSPS) is 22.8. The summed E-state index contributed by atoms with van der Waals surface area (Å²) in [6.07, 6.45) is -3.48. The van der Waals surface area contributed by atoms with Gasteiger partial charge in [0.05, 0.1) is 12.6 Å². The Morgan fingerprint density at radius 3 is 2.63 bits per heavy atom. The molecule has 1 rings (SSSR count). The molecular formula is C12H22F3N3O. The highest BCUT2D eigenvalue weighted by atomic mass is 19.4. The molecule has 0 aromatic rings. The van der Waals surface area contributed by atoms with Crippen molar-refractivity contribution in [2.45, 2.75) is 32.5 Å². The second kappa shape index (κ2) is 6.56. The lowest BCUT2D eigenvalue weighted by Crippen LogP contribution is -2.45. The van der Waals surface area contributed by atoms with Crippen LogP contribution in [0.5, 0.6) is 0 Å². The van der Waals surface area contributed by atoms with Crippen LogP contribution in [0.15, 0.2) is 0 Å². The summed E-state index contributed by atoms with van der Waals surface area (Å²) in [6.45, 7) is 4.03. The molecule has 1 heterocycles. The van der Waals surface area contributed by atoms with Crippen molar-refractivity contribution in [2.24, 2.45) is 17.6 Å². The molecule has 4 nitrogen and oxygen atoms in total. The number of carbonyl (C=O) groups excluding carboxylic acids is 1. The van der Waals surface area contributed by atoms with Gasteiger partial charge >= 0.3 is 6.18 Å². The minimum atomic E-state index is -4.15. The summed E-state index contributed by atoms with van der Waals surface area (Å²) in [6, 6.07) is -0.562. The number of hydrogen-bond acceptors (Lipinski definition) is 3. The molecule has 1 saturated heterocycles. The number of rotatable bonds is 5. The molecule has 2 atom stereocenters. The van der Waals surface area contributed by atoms with Crippen molar-refractivity contribution in [1.82, 2.24) is 10.2 Å². The number of hydrogen-bond donors (Lipinski definition) is 2. The number of nitrogens with one attached hydrogen (secondary N) is 1. The third-order valence-electron chi connectivity index (χ3n) is 3.36. The van der Waals surface area contributed by atoms with Gasteiger partial charge in [0, 0.05) is 13.1 Å². The number of carbonyl (C=O) groups is 1. The number of alkyl halides is 3. The lowest BCUT2D eigenvalue weighted by molar-refractivity contribution is -0.143. The van der Waals surface area contributed by atoms with Crippen molar-refractivity contribution >= 4 is 5.91 Å². The van der Waals surface area contributed by atoms with Crippen molar-refractivity contribution < 1.29 is 18.0 Å². The van der Waals surface area contributed by atoms with E-state index in [9.17, 15) is 18.0 Å². The summed E-state index contributed by atoms with van der Waals surface area (Å²) >= 11 is 0. The molecule has 0 bridgehead atoms. The summed E-state index contributed by atoms with van der Waals surface area (Å²) in [5.41, 5.74) is 5.68. The van der Waals surface area contributed by atoms with Gasteiger partial charge in [0.15, 0.2) is 0 Å². The van der Waals surface area contributed by atoms with Crippen LogP contribution in [0.2, 0.25) is 0 Å². The van der Waals surface area contributed by atoms with Crippen LogP contribution in [0.1, 0.15) is 20.3 Å². The van der Waals surface area contributed by atoms with Gasteiger partial charge in [-0.1, -0.05) is 13.8 Å². The van der Waals surface area contributed by atoms with E-state index in [0.717, 1.165) is 0 Å². The number of likely N-dealkylation sites (tertiary alicyclic amines) is 1. The van der Waals surface area contributed by atoms with Gasteiger partial charge in [-0.2, -0.15) is 13.2 Å². The van der Waals surface area contributed by atoms with Crippen LogP contribution >= 0.6 is 0 Å². The predicted octanol–water partition coefficient (Wildman–Crippen LogP) is 0.970. The second-order valence-corrected chi connectivity index (χ2v) is 5.52. The van der Waals surface area contributed by atoms with E-state index < -0.39 is 18.8 Å². The van der Waals surface area contributed by atoms with Gasteiger partial charge < -0.3 is 11.1 Å². The molecule has 0 aromatic heterocycles. The van der Waals surface area contributed by atoms with Crippen LogP contribution in [0, 0.1) is 11.8 Å². The Morgan fingerprint density at radius 2 is 2.11 bits per heavy atom. The Labute approximate surface area is 111 Å². The van der Waals surface area contributed by atoms with E-state index in [4.69, 9.17) is 5.73 Å². The Morgan fingerprint density at radius 1 is 1.47 bits per heavy atom. The number of amides is 1. The van der Waals surface area contributed by atoms with Crippen LogP contribution in [-0.2, 0) is 4.79 Å². The maximum atomic E-state index is 12.2. The fourth-order valence-electron chi connectivity index (χ4n) is 2.14. The molecule has 112 valence electrons. The molecule has 1 aliphatic heterocycles. The summed E-state index contributed by atoms with van der Waals surface area (Å²) < 4.78 is 36.6. The maximum Gasteiger partial charge on any atom is 0.401 e. The third-order valence-corrected chi connectivity index (χ3v) is 3.36. The zero-order valence-electron chi connectivity index (χ0n) is 11.3. The van der Waals surface area contributed by atoms with E-state index in [1.807, 2.05) is 13.8 Å². The molecule has 1 amide bonds. The Bertz CT molecular complexity index is 307. The molecule has 0 aliphatic carbocycles. The van der Waals surface area contributed by atoms with E-state index in [2.05, 4.69) is 5.32 Å². The van der Waals surface area contributed by atoms with E-state index in [1.165, 1.54) is 4.90 Å². The summed E-state index contributed by atoms with van der Waals surface area (Å²) in [5.74, 6) is -0.111. The lowest BCUT2D eigenvalue weighted by atomic mass is 10.0. The Balaban J connectivity index is 2.27. The molecule has 2 unspecified atom stereocenters. The monoisotopic (exact) mass is 281 g/mol. The van der Waals surface area contributed by atoms with Crippen molar-refractivity contribution in [3.63, 3.8) is 0 Å². The fraction of sp³-hybridized carbons (Fsp3) is 0.917. The van der Waals surface area contributed by atoms with E-state index in [0.29, 0.717) is 26.1 Å². The topological polar surface area (TPSA) is 58.4 Å². The molecule has 19 heavy (non-hydrogen) atoms. The van der Waals surface area contributed by atoms with Gasteiger partial charge in [-0.25, -0.2) is 0 Å². The average Bonchev–Trinajstić information content (AvgIpc) is 2.69. The highest BCUT2D eigenvalue weighted by Gasteiger charge is 2.34. The van der Waals surface area contributed by atoms with Gasteiger partial charge in [0.25, 0.3) is 0 Å². The third kappa shape index (κ3) is 5.78. The molecule has 1 aliphatic rings. The van der Waals surface area contributed by atoms with Crippen LogP contribution in [-0.4, -0.2) is 49.2 Å². The summed E-state index contributed by atoms with van der Waals surface area (Å²) in [4.78, 5) is 13.0. The van der Waals surface area contributed by atoms with Gasteiger partial charge in [-0.3, -0.25) is 9.69 Å². The first-order valence-corrected chi connectivity index (χ1v) is 6.51. The predicted molar refractivity (Wildman–Crippen MR) is 66.4 cm³/mol. The second-order valence-electron chi connectivity index (χ2n) is 5.52. The van der Waals surface area contributed by atoms with E-state index in [1.54, 1.807) is 0 Å². The quantitative estimate of drug-likeness (QED) is 0.789. The average molecular weight is 281 g/mol. The zero-order chi connectivity index (χ0) is 14.6. The number of halogens is 3. The Hall–Kier alpha value is -0.820. The minimum absolute atomic E-state index is 0.0466. The number of nitrogens with zero attached hydrogens (tertiary/aromatic N) is 1. The van der Waals surface area contributed by atoms with E-state index >= 15 is 0 Å². The van der Waals surface area contributed by atoms with Crippen molar-refractivity contribution in [2.75, 3.05) is 26.2 Å². The first kappa shape index (κ1) is 16.2. The fourth-order valence-corrected chi connectivity index (χ4v) is 2.14. The minimum Gasteiger partial charge on any atom is -0.354 e. The lowest BCUT2D eigenvalue weighted by Gasteiger charge is -2.19. The van der Waals surface area contributed by atoms with Crippen LogP contribution in [0.3, 0.4) is 0 Å². The molecule has 0 radical (unpaired) electrons. The van der Waals surface area contributed by atoms with Gasteiger partial charge in [0.2, 0.25) is 5.91 Å². The summed E-state index contributed by atoms with van der Waals surface area (Å²) in [5, 5.41) is 2.72. The first-order valence-electron chi connectivity index (χ1n) is 6.51. The van der Waals surface area contributed by atoms with Gasteiger partial charge in [0.1, 0.15) is 0 Å². The van der Waals surface area contributed by atoms with Crippen LogP contribution in [0.4, 0.5) is 13.2 Å². The molecular weight excluding hydrogens is 259 g/mol. The summed E-state index contributed by atoms with van der Waals surface area (Å²) in [7, 11) is 0. The first-order chi connectivity index (χ1) is 8.69. The Kier molecular flexibility index (Phi) is 5.61. The SMILES string of the molecule is CC(C)C(N)C(=O)NCC1CCN(CC(F)(F)F)C1. The van der Waals surface area contributed by atoms with Crippen LogP contribution in [0.25, 0.3) is 0 Å². The molecule has 0 aromatic carbocycles. The van der Waals surface area contributed by atoms with E-state index in [-0.39, 0.29) is 17.7 Å². The number of nitrogens with two attached hydrogens (primary N) is 1. The van der Waals surface area contributed by atoms with Crippen molar-refractivity contribution in [1.29, 1.82) is 0 Å². The standard InChI is InChI=1S/C12H22F3N3O/c1-8(2)10(16)11(19)17-5-9-3-4-18(6-9)7-12(13,14)15/h8-10H,3-7,16H2,1-2H3,(H,17,19). The largest absolute Gasteiger partial charge is 0.401 e. The van der Waals surface area contributed by atoms with Crippen molar-refractivity contribution in [3.05, 3.63) is 0 Å². The zero-order valence-corrected chi connectivity index (χ0v) is 11.3. The maximum absolute atomic E-state index is 12.2. The van der Waals surface area contributed by atoms with Gasteiger partial charge in [-0.05, 0) is 24.8 Å². The highest BCUT2D eigenvalue weighted by molar-refractivity contribution is 5.81. The van der Waals surface area contributed by atoms with Crippen LogP contribution < -0.4 is 11.1 Å². The molecule has 0 spiro atoms. The molecule has 3 N–H and O–H groups in total. The van der Waals surface area contributed by atoms with Gasteiger partial charge in [-0.15, -0.1) is 0 Å².